The lowest BCUT2D eigenvalue weighted by atomic mass is 9.90. The number of carbonyl (C=O) groups is 1. The first-order chi connectivity index (χ1) is 10.2. The lowest BCUT2D eigenvalue weighted by Gasteiger charge is -2.32. The van der Waals surface area contributed by atoms with Crippen LogP contribution in [0.4, 0.5) is 0 Å². The Hall–Kier alpha value is -1.35. The van der Waals surface area contributed by atoms with Crippen LogP contribution in [0.2, 0.25) is 0 Å². The van der Waals surface area contributed by atoms with Crippen molar-refractivity contribution in [3.63, 3.8) is 0 Å². The van der Waals surface area contributed by atoms with Crippen LogP contribution in [0, 0.1) is 5.92 Å². The molecule has 21 heavy (non-hydrogen) atoms. The van der Waals surface area contributed by atoms with Crippen LogP contribution in [0.15, 0.2) is 30.3 Å². The van der Waals surface area contributed by atoms with Gasteiger partial charge in [0, 0.05) is 6.42 Å². The maximum absolute atomic E-state index is 10.4. The van der Waals surface area contributed by atoms with E-state index in [1.807, 2.05) is 0 Å². The zero-order valence-electron chi connectivity index (χ0n) is 12.8. The lowest BCUT2D eigenvalue weighted by molar-refractivity contribution is -0.137. The highest BCUT2D eigenvalue weighted by Crippen LogP contribution is 2.21. The molecule has 0 spiro atoms. The van der Waals surface area contributed by atoms with Crippen molar-refractivity contribution in [2.24, 2.45) is 5.92 Å². The zero-order valence-corrected chi connectivity index (χ0v) is 12.8. The molecule has 0 radical (unpaired) electrons. The number of hydrogen-bond acceptors (Lipinski definition) is 2. The lowest BCUT2D eigenvalue weighted by Crippen LogP contribution is -2.35. The summed E-state index contributed by atoms with van der Waals surface area (Å²) in [6.45, 7) is 3.55. The molecule has 1 aromatic carbocycles. The van der Waals surface area contributed by atoms with Crippen molar-refractivity contribution in [3.05, 3.63) is 35.9 Å². The Kier molecular flexibility index (Phi) is 6.74. The molecule has 1 N–H and O–H groups in total. The summed E-state index contributed by atoms with van der Waals surface area (Å²) in [6.07, 6.45) is 7.12. The second kappa shape index (κ2) is 8.83. The second-order valence-electron chi connectivity index (χ2n) is 6.18. The number of hydrogen-bond donors (Lipinski definition) is 1. The maximum Gasteiger partial charge on any atom is 0.303 e. The molecular formula is C18H27NO2. The molecule has 0 bridgehead atoms. The Morgan fingerprint density at radius 3 is 2.48 bits per heavy atom. The topological polar surface area (TPSA) is 40.5 Å². The van der Waals surface area contributed by atoms with Crippen LogP contribution in [0.1, 0.15) is 44.1 Å². The fraction of sp³-hybridized carbons (Fsp3) is 0.611. The summed E-state index contributed by atoms with van der Waals surface area (Å²) in [7, 11) is 0. The molecule has 1 aromatic rings. The second-order valence-corrected chi connectivity index (χ2v) is 6.18. The first-order valence-electron chi connectivity index (χ1n) is 8.22. The molecule has 0 saturated carbocycles. The molecule has 1 heterocycles. The minimum absolute atomic E-state index is 0.319. The van der Waals surface area contributed by atoms with Gasteiger partial charge < -0.3 is 10.0 Å². The summed E-state index contributed by atoms with van der Waals surface area (Å²) in [5.41, 5.74) is 1.46. The molecule has 1 saturated heterocycles. The van der Waals surface area contributed by atoms with Crippen molar-refractivity contribution < 1.29 is 9.90 Å². The fourth-order valence-corrected chi connectivity index (χ4v) is 3.15. The van der Waals surface area contributed by atoms with Crippen molar-refractivity contribution in [1.82, 2.24) is 4.90 Å². The van der Waals surface area contributed by atoms with Gasteiger partial charge in [0.1, 0.15) is 0 Å². The molecule has 1 fully saturated rings. The largest absolute Gasteiger partial charge is 0.481 e. The van der Waals surface area contributed by atoms with E-state index in [0.717, 1.165) is 31.7 Å². The summed E-state index contributed by atoms with van der Waals surface area (Å²) in [5.74, 6) is 0.160. The summed E-state index contributed by atoms with van der Waals surface area (Å²) < 4.78 is 0. The molecular weight excluding hydrogens is 262 g/mol. The van der Waals surface area contributed by atoms with Gasteiger partial charge in [-0.3, -0.25) is 4.79 Å². The number of piperidine rings is 1. The van der Waals surface area contributed by atoms with Gasteiger partial charge in [-0.05, 0) is 63.2 Å². The Labute approximate surface area is 128 Å². The molecule has 116 valence electrons. The van der Waals surface area contributed by atoms with Gasteiger partial charge in [0.15, 0.2) is 0 Å². The van der Waals surface area contributed by atoms with E-state index in [1.165, 1.54) is 37.9 Å². The van der Waals surface area contributed by atoms with Crippen LogP contribution in [0.3, 0.4) is 0 Å². The zero-order chi connectivity index (χ0) is 14.9. The van der Waals surface area contributed by atoms with E-state index in [4.69, 9.17) is 5.11 Å². The summed E-state index contributed by atoms with van der Waals surface area (Å²) in [5, 5.41) is 8.60. The van der Waals surface area contributed by atoms with Gasteiger partial charge in [-0.2, -0.15) is 0 Å². The van der Waals surface area contributed by atoms with Crippen LogP contribution in [-0.4, -0.2) is 35.6 Å². The molecule has 1 aliphatic heterocycles. The van der Waals surface area contributed by atoms with E-state index in [-0.39, 0.29) is 0 Å². The van der Waals surface area contributed by atoms with Crippen molar-refractivity contribution in [3.8, 4) is 0 Å². The normalized spacial score (nSPS) is 17.0. The summed E-state index contributed by atoms with van der Waals surface area (Å²) in [6, 6.07) is 10.8. The third-order valence-corrected chi connectivity index (χ3v) is 4.44. The van der Waals surface area contributed by atoms with Gasteiger partial charge in [0.25, 0.3) is 0 Å². The Morgan fingerprint density at radius 1 is 1.10 bits per heavy atom. The molecule has 3 nitrogen and oxygen atoms in total. The fourth-order valence-electron chi connectivity index (χ4n) is 3.15. The smallest absolute Gasteiger partial charge is 0.303 e. The summed E-state index contributed by atoms with van der Waals surface area (Å²) in [4.78, 5) is 13.0. The molecule has 1 aliphatic rings. The number of carboxylic acid groups (broad SMARTS) is 1. The van der Waals surface area contributed by atoms with E-state index in [9.17, 15) is 4.79 Å². The monoisotopic (exact) mass is 289 g/mol. The molecule has 2 rings (SSSR count). The van der Waals surface area contributed by atoms with Gasteiger partial charge in [-0.1, -0.05) is 36.8 Å². The van der Waals surface area contributed by atoms with Crippen LogP contribution in [0.25, 0.3) is 0 Å². The molecule has 3 heteroatoms. The Bertz CT molecular complexity index is 410. The number of carboxylic acids is 1. The highest BCUT2D eigenvalue weighted by atomic mass is 16.4. The Balaban J connectivity index is 1.57. The van der Waals surface area contributed by atoms with Crippen molar-refractivity contribution in [2.75, 3.05) is 19.6 Å². The number of unbranched alkanes of at least 4 members (excludes halogenated alkanes) is 2. The van der Waals surface area contributed by atoms with Crippen LogP contribution in [-0.2, 0) is 11.2 Å². The molecule has 0 unspecified atom stereocenters. The third kappa shape index (κ3) is 6.30. The average Bonchev–Trinajstić information content (AvgIpc) is 2.49. The number of aliphatic carboxylic acids is 1. The van der Waals surface area contributed by atoms with Gasteiger partial charge in [-0.25, -0.2) is 0 Å². The van der Waals surface area contributed by atoms with Crippen molar-refractivity contribution in [2.45, 2.75) is 44.9 Å². The highest BCUT2D eigenvalue weighted by Gasteiger charge is 2.18. The van der Waals surface area contributed by atoms with Gasteiger partial charge >= 0.3 is 5.97 Å². The molecule has 0 aromatic heterocycles. The van der Waals surface area contributed by atoms with E-state index >= 15 is 0 Å². The molecule has 0 atom stereocenters. The van der Waals surface area contributed by atoms with Gasteiger partial charge in [0.2, 0.25) is 0 Å². The minimum Gasteiger partial charge on any atom is -0.481 e. The minimum atomic E-state index is -0.670. The molecule has 0 amide bonds. The average molecular weight is 289 g/mol. The van der Waals surface area contributed by atoms with Crippen molar-refractivity contribution >= 4 is 5.97 Å². The van der Waals surface area contributed by atoms with Crippen molar-refractivity contribution in [1.29, 1.82) is 0 Å². The van der Waals surface area contributed by atoms with Crippen LogP contribution >= 0.6 is 0 Å². The number of nitrogens with zero attached hydrogens (tertiary/aromatic N) is 1. The maximum atomic E-state index is 10.4. The van der Waals surface area contributed by atoms with E-state index in [0.29, 0.717) is 6.42 Å². The van der Waals surface area contributed by atoms with E-state index in [1.54, 1.807) is 0 Å². The summed E-state index contributed by atoms with van der Waals surface area (Å²) >= 11 is 0. The first-order valence-corrected chi connectivity index (χ1v) is 8.22. The molecule has 0 aliphatic carbocycles. The Morgan fingerprint density at radius 2 is 1.81 bits per heavy atom. The van der Waals surface area contributed by atoms with E-state index < -0.39 is 5.97 Å². The SMILES string of the molecule is O=C(O)CCCCCN1CCC(Cc2ccccc2)CC1. The number of rotatable bonds is 8. The highest BCUT2D eigenvalue weighted by molar-refractivity contribution is 5.66. The third-order valence-electron chi connectivity index (χ3n) is 4.44. The first kappa shape index (κ1) is 16.0. The standard InChI is InChI=1S/C18H27NO2/c20-18(21)9-5-2-6-12-19-13-10-17(11-14-19)15-16-7-3-1-4-8-16/h1,3-4,7-8,17H,2,5-6,9-15H2,(H,20,21). The van der Waals surface area contributed by atoms with Gasteiger partial charge in [0.05, 0.1) is 0 Å². The van der Waals surface area contributed by atoms with Gasteiger partial charge in [-0.15, -0.1) is 0 Å². The predicted molar refractivity (Wildman–Crippen MR) is 85.4 cm³/mol. The quantitative estimate of drug-likeness (QED) is 0.744. The number of likely N-dealkylation sites (tertiary alicyclic amines) is 1. The van der Waals surface area contributed by atoms with Crippen LogP contribution < -0.4 is 0 Å². The van der Waals surface area contributed by atoms with Crippen LogP contribution in [0.5, 0.6) is 0 Å². The number of benzene rings is 1. The predicted octanol–water partition coefficient (Wildman–Crippen LogP) is 3.59. The van der Waals surface area contributed by atoms with E-state index in [2.05, 4.69) is 35.2 Å².